The Labute approximate surface area is 161 Å². The van der Waals surface area contributed by atoms with E-state index in [1.807, 2.05) is 0 Å². The molecule has 1 aliphatic heterocycles. The van der Waals surface area contributed by atoms with Gasteiger partial charge in [0.2, 0.25) is 0 Å². The van der Waals surface area contributed by atoms with Crippen molar-refractivity contribution in [1.29, 1.82) is 0 Å². The first-order valence-corrected chi connectivity index (χ1v) is 8.73. The van der Waals surface area contributed by atoms with Crippen LogP contribution >= 0.6 is 0 Å². The minimum atomic E-state index is -4.84. The second-order valence-electron chi connectivity index (χ2n) is 6.98. The number of alkyl halides is 6. The molecule has 1 heterocycles. The number of rotatable bonds is 2. The molecule has 154 valence electrons. The Morgan fingerprint density at radius 3 is 2.41 bits per heavy atom. The van der Waals surface area contributed by atoms with Crippen LogP contribution < -0.4 is 10.1 Å². The van der Waals surface area contributed by atoms with E-state index in [0.717, 1.165) is 12.1 Å². The van der Waals surface area contributed by atoms with Crippen molar-refractivity contribution in [2.75, 3.05) is 5.32 Å². The molecular formula is C20H14F7NO. The van der Waals surface area contributed by atoms with Crippen molar-refractivity contribution in [2.45, 2.75) is 30.9 Å². The van der Waals surface area contributed by atoms with E-state index in [-0.39, 0.29) is 23.1 Å². The topological polar surface area (TPSA) is 21.3 Å². The van der Waals surface area contributed by atoms with Crippen LogP contribution in [0, 0.1) is 11.7 Å². The van der Waals surface area contributed by atoms with E-state index in [9.17, 15) is 30.7 Å². The zero-order chi connectivity index (χ0) is 21.0. The van der Waals surface area contributed by atoms with Gasteiger partial charge in [-0.2, -0.15) is 13.2 Å². The summed E-state index contributed by atoms with van der Waals surface area (Å²) in [5.74, 6) is -2.45. The van der Waals surface area contributed by atoms with Crippen LogP contribution in [0.25, 0.3) is 0 Å². The van der Waals surface area contributed by atoms with Crippen LogP contribution in [-0.2, 0) is 6.18 Å². The summed E-state index contributed by atoms with van der Waals surface area (Å²) in [7, 11) is 0. The highest BCUT2D eigenvalue weighted by Crippen LogP contribution is 2.51. The number of halogens is 7. The van der Waals surface area contributed by atoms with Gasteiger partial charge in [-0.3, -0.25) is 0 Å². The second kappa shape index (κ2) is 6.67. The zero-order valence-electron chi connectivity index (χ0n) is 14.6. The third-order valence-electron chi connectivity index (χ3n) is 5.24. The van der Waals surface area contributed by atoms with Crippen LogP contribution in [0.15, 0.2) is 48.6 Å². The molecule has 0 bridgehead atoms. The monoisotopic (exact) mass is 417 g/mol. The molecule has 2 aromatic rings. The van der Waals surface area contributed by atoms with E-state index < -0.39 is 30.0 Å². The number of nitrogens with one attached hydrogen (secondary N) is 1. The van der Waals surface area contributed by atoms with Crippen LogP contribution in [0.3, 0.4) is 0 Å². The average molecular weight is 417 g/mol. The first-order valence-electron chi connectivity index (χ1n) is 8.73. The van der Waals surface area contributed by atoms with E-state index in [4.69, 9.17) is 0 Å². The summed E-state index contributed by atoms with van der Waals surface area (Å²) in [6, 6.07) is 6.08. The van der Waals surface area contributed by atoms with Gasteiger partial charge in [-0.25, -0.2) is 4.39 Å². The molecule has 0 saturated heterocycles. The van der Waals surface area contributed by atoms with Gasteiger partial charge in [0.15, 0.2) is 0 Å². The molecular weight excluding hydrogens is 403 g/mol. The molecule has 3 atom stereocenters. The lowest BCUT2D eigenvalue weighted by atomic mass is 9.76. The molecule has 9 heteroatoms. The standard InChI is InChI=1S/C20H14F7NO/c21-17-13(5-2-6-15(17)19(22,23)24)18-12-4-1-3-11(12)14-9-10(29-20(25,26)27)7-8-16(14)28-18/h1-3,5-9,11-12,18,28H,4H2. The van der Waals surface area contributed by atoms with Gasteiger partial charge in [-0.15, -0.1) is 13.2 Å². The number of fused-ring (bicyclic) bond motifs is 3. The Bertz CT molecular complexity index is 964. The number of hydrogen-bond donors (Lipinski definition) is 1. The van der Waals surface area contributed by atoms with E-state index in [1.165, 1.54) is 18.2 Å². The smallest absolute Gasteiger partial charge is 0.406 e. The second-order valence-corrected chi connectivity index (χ2v) is 6.98. The largest absolute Gasteiger partial charge is 0.573 e. The Balaban J connectivity index is 1.74. The van der Waals surface area contributed by atoms with Crippen molar-refractivity contribution < 1.29 is 35.5 Å². The van der Waals surface area contributed by atoms with Gasteiger partial charge in [0.25, 0.3) is 0 Å². The highest BCUT2D eigenvalue weighted by Gasteiger charge is 2.42. The summed E-state index contributed by atoms with van der Waals surface area (Å²) >= 11 is 0. The van der Waals surface area contributed by atoms with E-state index >= 15 is 0 Å². The quantitative estimate of drug-likeness (QED) is 0.441. The van der Waals surface area contributed by atoms with Crippen LogP contribution in [0.1, 0.15) is 35.1 Å². The van der Waals surface area contributed by atoms with Crippen molar-refractivity contribution >= 4 is 5.69 Å². The maximum Gasteiger partial charge on any atom is 0.573 e. The summed E-state index contributed by atoms with van der Waals surface area (Å²) in [4.78, 5) is 0. The molecule has 0 radical (unpaired) electrons. The Hall–Kier alpha value is -2.71. The minimum absolute atomic E-state index is 0.125. The molecule has 0 aromatic heterocycles. The molecule has 2 nitrogen and oxygen atoms in total. The van der Waals surface area contributed by atoms with Crippen molar-refractivity contribution in [1.82, 2.24) is 0 Å². The molecule has 3 unspecified atom stereocenters. The van der Waals surface area contributed by atoms with E-state index in [0.29, 0.717) is 23.7 Å². The van der Waals surface area contributed by atoms with Gasteiger partial charge >= 0.3 is 12.5 Å². The maximum atomic E-state index is 14.7. The molecule has 0 spiro atoms. The van der Waals surface area contributed by atoms with Gasteiger partial charge in [-0.1, -0.05) is 24.3 Å². The van der Waals surface area contributed by atoms with Crippen LogP contribution in [0.5, 0.6) is 5.75 Å². The molecule has 4 rings (SSSR count). The third kappa shape index (κ3) is 3.65. The number of anilines is 1. The first kappa shape index (κ1) is 19.6. The average Bonchev–Trinajstić information content (AvgIpc) is 3.09. The molecule has 0 fully saturated rings. The van der Waals surface area contributed by atoms with Crippen molar-refractivity contribution in [3.8, 4) is 5.75 Å². The lowest BCUT2D eigenvalue weighted by molar-refractivity contribution is -0.274. The lowest BCUT2D eigenvalue weighted by Crippen LogP contribution is -2.30. The highest BCUT2D eigenvalue weighted by molar-refractivity contribution is 5.62. The molecule has 2 aromatic carbocycles. The summed E-state index contributed by atoms with van der Waals surface area (Å²) in [5.41, 5.74) is -0.526. The first-order chi connectivity index (χ1) is 13.5. The predicted molar refractivity (Wildman–Crippen MR) is 90.9 cm³/mol. The highest BCUT2D eigenvalue weighted by atomic mass is 19.4. The van der Waals surface area contributed by atoms with Gasteiger partial charge in [0.1, 0.15) is 11.6 Å². The maximum absolute atomic E-state index is 14.7. The number of benzene rings is 2. The Kier molecular flexibility index (Phi) is 4.51. The van der Waals surface area contributed by atoms with Crippen molar-refractivity contribution in [2.24, 2.45) is 5.92 Å². The van der Waals surface area contributed by atoms with Crippen LogP contribution in [0.2, 0.25) is 0 Å². The molecule has 0 amide bonds. The van der Waals surface area contributed by atoms with Gasteiger partial charge in [0.05, 0.1) is 11.6 Å². The molecule has 1 aliphatic carbocycles. The number of ether oxygens (including phenoxy) is 1. The minimum Gasteiger partial charge on any atom is -0.406 e. The normalized spacial score (nSPS) is 23.3. The lowest BCUT2D eigenvalue weighted by Gasteiger charge is -2.38. The fourth-order valence-corrected chi connectivity index (χ4v) is 4.09. The molecule has 29 heavy (non-hydrogen) atoms. The molecule has 0 saturated carbocycles. The number of allylic oxidation sites excluding steroid dienone is 2. The van der Waals surface area contributed by atoms with Gasteiger partial charge in [-0.05, 0) is 42.2 Å². The van der Waals surface area contributed by atoms with Crippen molar-refractivity contribution in [3.05, 3.63) is 71.1 Å². The van der Waals surface area contributed by atoms with Gasteiger partial charge < -0.3 is 10.1 Å². The predicted octanol–water partition coefficient (Wildman–Crippen LogP) is 6.57. The summed E-state index contributed by atoms with van der Waals surface area (Å²) in [5, 5.41) is 3.01. The van der Waals surface area contributed by atoms with Crippen molar-refractivity contribution in [3.63, 3.8) is 0 Å². The SMILES string of the molecule is Fc1c(C2Nc3ccc(OC(F)(F)F)cc3C3C=CCC32)cccc1C(F)(F)F. The Morgan fingerprint density at radius 1 is 0.966 bits per heavy atom. The Morgan fingerprint density at radius 2 is 1.72 bits per heavy atom. The third-order valence-corrected chi connectivity index (χ3v) is 5.24. The summed E-state index contributed by atoms with van der Waals surface area (Å²) in [6.07, 6.45) is -5.65. The fourth-order valence-electron chi connectivity index (χ4n) is 4.09. The molecule has 1 N–H and O–H groups in total. The number of hydrogen-bond acceptors (Lipinski definition) is 2. The van der Waals surface area contributed by atoms with Crippen LogP contribution in [-0.4, -0.2) is 6.36 Å². The van der Waals surface area contributed by atoms with Crippen LogP contribution in [0.4, 0.5) is 36.4 Å². The fraction of sp³-hybridized carbons (Fsp3) is 0.300. The van der Waals surface area contributed by atoms with Gasteiger partial charge in [0, 0.05) is 17.2 Å². The summed E-state index contributed by atoms with van der Waals surface area (Å²) in [6.45, 7) is 0. The van der Waals surface area contributed by atoms with E-state index in [2.05, 4.69) is 10.1 Å². The molecule has 2 aliphatic rings. The summed E-state index contributed by atoms with van der Waals surface area (Å²) < 4.78 is 95.5. The van der Waals surface area contributed by atoms with E-state index in [1.54, 1.807) is 12.2 Å². The zero-order valence-corrected chi connectivity index (χ0v) is 14.6.